The van der Waals surface area contributed by atoms with Crippen LogP contribution in [-0.4, -0.2) is 25.4 Å². The van der Waals surface area contributed by atoms with Gasteiger partial charge in [0, 0.05) is 11.4 Å². The lowest BCUT2D eigenvalue weighted by molar-refractivity contribution is -0.118. The van der Waals surface area contributed by atoms with Crippen LogP contribution in [0, 0.1) is 6.92 Å². The normalized spacial score (nSPS) is 10.6. The van der Waals surface area contributed by atoms with Crippen molar-refractivity contribution in [1.82, 2.24) is 5.32 Å². The van der Waals surface area contributed by atoms with E-state index in [0.717, 1.165) is 16.0 Å². The highest BCUT2D eigenvalue weighted by Crippen LogP contribution is 2.29. The topological polar surface area (TPSA) is 47.6 Å². The van der Waals surface area contributed by atoms with E-state index in [1.807, 2.05) is 31.2 Å². The van der Waals surface area contributed by atoms with E-state index < -0.39 is 6.61 Å². The molecule has 0 radical (unpaired) electrons. The van der Waals surface area contributed by atoms with Gasteiger partial charge in [0.05, 0.1) is 12.9 Å². The Bertz CT molecular complexity index is 725. The zero-order valence-corrected chi connectivity index (χ0v) is 14.7. The molecular weight excluding hydrogens is 348 g/mol. The Morgan fingerprint density at radius 1 is 1.20 bits per heavy atom. The summed E-state index contributed by atoms with van der Waals surface area (Å²) in [6, 6.07) is 12.4. The minimum Gasteiger partial charge on any atom is -0.493 e. The Labute approximate surface area is 149 Å². The van der Waals surface area contributed by atoms with Gasteiger partial charge in [-0.1, -0.05) is 24.3 Å². The SMILES string of the molecule is COc1cc(CNC(=O)CSc2ccccc2C)ccc1OC(F)F. The van der Waals surface area contributed by atoms with Crippen LogP contribution in [0.2, 0.25) is 0 Å². The fourth-order valence-electron chi connectivity index (χ4n) is 2.13. The molecule has 1 amide bonds. The molecule has 134 valence electrons. The summed E-state index contributed by atoms with van der Waals surface area (Å²) in [5.74, 6) is 0.346. The van der Waals surface area contributed by atoms with Gasteiger partial charge in [-0.05, 0) is 36.2 Å². The van der Waals surface area contributed by atoms with Crippen molar-refractivity contribution in [2.24, 2.45) is 0 Å². The number of alkyl halides is 2. The number of benzene rings is 2. The summed E-state index contributed by atoms with van der Waals surface area (Å²) in [4.78, 5) is 13.0. The van der Waals surface area contributed by atoms with Gasteiger partial charge < -0.3 is 14.8 Å². The van der Waals surface area contributed by atoms with Gasteiger partial charge in [0.25, 0.3) is 0 Å². The van der Waals surface area contributed by atoms with Gasteiger partial charge in [-0.25, -0.2) is 0 Å². The number of methoxy groups -OCH3 is 1. The van der Waals surface area contributed by atoms with E-state index in [-0.39, 0.29) is 24.0 Å². The van der Waals surface area contributed by atoms with Gasteiger partial charge in [0.15, 0.2) is 11.5 Å². The number of halogens is 2. The molecule has 0 aliphatic carbocycles. The van der Waals surface area contributed by atoms with Crippen LogP contribution in [0.15, 0.2) is 47.4 Å². The predicted molar refractivity (Wildman–Crippen MR) is 93.4 cm³/mol. The highest BCUT2D eigenvalue weighted by atomic mass is 32.2. The first-order valence-electron chi connectivity index (χ1n) is 7.56. The standard InChI is InChI=1S/C18H19F2NO3S/c1-12-5-3-4-6-16(12)25-11-17(22)21-10-13-7-8-14(24-18(19)20)15(9-13)23-2/h3-9,18H,10-11H2,1-2H3,(H,21,22). The van der Waals surface area contributed by atoms with Gasteiger partial charge in [-0.2, -0.15) is 8.78 Å². The van der Waals surface area contributed by atoms with E-state index >= 15 is 0 Å². The van der Waals surface area contributed by atoms with Crippen LogP contribution in [0.25, 0.3) is 0 Å². The maximum atomic E-state index is 12.3. The van der Waals surface area contributed by atoms with Gasteiger partial charge in [0.1, 0.15) is 0 Å². The number of hydrogen-bond donors (Lipinski definition) is 1. The van der Waals surface area contributed by atoms with Crippen LogP contribution in [0.3, 0.4) is 0 Å². The molecule has 0 atom stereocenters. The van der Waals surface area contributed by atoms with Crippen molar-refractivity contribution in [3.05, 3.63) is 53.6 Å². The number of thioether (sulfide) groups is 1. The van der Waals surface area contributed by atoms with Crippen LogP contribution in [0.5, 0.6) is 11.5 Å². The average molecular weight is 367 g/mol. The number of rotatable bonds is 8. The summed E-state index contributed by atoms with van der Waals surface area (Å²) in [5.41, 5.74) is 1.85. The monoisotopic (exact) mass is 367 g/mol. The van der Waals surface area contributed by atoms with Crippen LogP contribution in [0.4, 0.5) is 8.78 Å². The van der Waals surface area contributed by atoms with Crippen molar-refractivity contribution in [2.45, 2.75) is 25.0 Å². The molecular formula is C18H19F2NO3S. The number of hydrogen-bond acceptors (Lipinski definition) is 4. The molecule has 0 heterocycles. The molecule has 2 rings (SSSR count). The van der Waals surface area contributed by atoms with Crippen molar-refractivity contribution >= 4 is 17.7 Å². The first kappa shape index (κ1) is 19.1. The fraction of sp³-hybridized carbons (Fsp3) is 0.278. The predicted octanol–water partition coefficient (Wildman–Crippen LogP) is 4.01. The molecule has 2 aromatic rings. The smallest absolute Gasteiger partial charge is 0.387 e. The molecule has 0 saturated heterocycles. The summed E-state index contributed by atoms with van der Waals surface area (Å²) in [5, 5.41) is 2.80. The van der Waals surface area contributed by atoms with Crippen molar-refractivity contribution in [3.63, 3.8) is 0 Å². The Hall–Kier alpha value is -2.28. The van der Waals surface area contributed by atoms with Crippen molar-refractivity contribution in [1.29, 1.82) is 0 Å². The lowest BCUT2D eigenvalue weighted by atomic mass is 10.2. The first-order chi connectivity index (χ1) is 12.0. The van der Waals surface area contributed by atoms with Crippen molar-refractivity contribution in [3.8, 4) is 11.5 Å². The highest BCUT2D eigenvalue weighted by molar-refractivity contribution is 8.00. The summed E-state index contributed by atoms with van der Waals surface area (Å²) in [6.45, 7) is -0.647. The van der Waals surface area contributed by atoms with Gasteiger partial charge in [-0.3, -0.25) is 4.79 Å². The van der Waals surface area contributed by atoms with E-state index in [4.69, 9.17) is 4.74 Å². The molecule has 0 saturated carbocycles. The molecule has 4 nitrogen and oxygen atoms in total. The van der Waals surface area contributed by atoms with E-state index in [1.165, 1.54) is 24.9 Å². The fourth-order valence-corrected chi connectivity index (χ4v) is 2.99. The molecule has 0 fully saturated rings. The lowest BCUT2D eigenvalue weighted by Crippen LogP contribution is -2.24. The van der Waals surface area contributed by atoms with Gasteiger partial charge in [0.2, 0.25) is 5.91 Å². The number of aryl methyl sites for hydroxylation is 1. The van der Waals surface area contributed by atoms with E-state index in [1.54, 1.807) is 12.1 Å². The molecule has 0 aliphatic heterocycles. The summed E-state index contributed by atoms with van der Waals surface area (Å²) < 4.78 is 34.0. The zero-order chi connectivity index (χ0) is 18.2. The van der Waals surface area contributed by atoms with Crippen molar-refractivity contribution in [2.75, 3.05) is 12.9 Å². The second-order valence-electron chi connectivity index (χ2n) is 5.19. The number of carbonyl (C=O) groups excluding carboxylic acids is 1. The van der Waals surface area contributed by atoms with Crippen LogP contribution >= 0.6 is 11.8 Å². The molecule has 0 aliphatic rings. The molecule has 1 N–H and O–H groups in total. The van der Waals surface area contributed by atoms with Crippen LogP contribution < -0.4 is 14.8 Å². The van der Waals surface area contributed by atoms with E-state index in [0.29, 0.717) is 5.75 Å². The summed E-state index contributed by atoms with van der Waals surface area (Å²) >= 11 is 1.47. The minimum atomic E-state index is -2.92. The third-order valence-electron chi connectivity index (χ3n) is 3.39. The maximum Gasteiger partial charge on any atom is 0.387 e. The van der Waals surface area contributed by atoms with Gasteiger partial charge >= 0.3 is 6.61 Å². The number of carbonyl (C=O) groups is 1. The molecule has 0 spiro atoms. The van der Waals surface area contributed by atoms with Crippen molar-refractivity contribution < 1.29 is 23.0 Å². The Morgan fingerprint density at radius 3 is 2.64 bits per heavy atom. The number of amides is 1. The second-order valence-corrected chi connectivity index (χ2v) is 6.21. The molecule has 2 aromatic carbocycles. The Kier molecular flexibility index (Phi) is 7.06. The number of ether oxygens (including phenoxy) is 2. The average Bonchev–Trinajstić information content (AvgIpc) is 2.59. The quantitative estimate of drug-likeness (QED) is 0.716. The van der Waals surface area contributed by atoms with Gasteiger partial charge in [-0.15, -0.1) is 11.8 Å². The summed E-state index contributed by atoms with van der Waals surface area (Å²) in [6.07, 6.45) is 0. The molecule has 25 heavy (non-hydrogen) atoms. The Balaban J connectivity index is 1.88. The lowest BCUT2D eigenvalue weighted by Gasteiger charge is -2.12. The third kappa shape index (κ3) is 5.94. The molecule has 0 aromatic heterocycles. The molecule has 7 heteroatoms. The maximum absolute atomic E-state index is 12.3. The molecule has 0 unspecified atom stereocenters. The highest BCUT2D eigenvalue weighted by Gasteiger charge is 2.11. The Morgan fingerprint density at radius 2 is 1.96 bits per heavy atom. The van der Waals surface area contributed by atoms with Crippen LogP contribution in [-0.2, 0) is 11.3 Å². The summed E-state index contributed by atoms with van der Waals surface area (Å²) in [7, 11) is 1.37. The van der Waals surface area contributed by atoms with E-state index in [2.05, 4.69) is 10.1 Å². The largest absolute Gasteiger partial charge is 0.493 e. The van der Waals surface area contributed by atoms with Crippen LogP contribution in [0.1, 0.15) is 11.1 Å². The third-order valence-corrected chi connectivity index (χ3v) is 4.56. The zero-order valence-electron chi connectivity index (χ0n) is 13.9. The molecule has 0 bridgehead atoms. The number of nitrogens with one attached hydrogen (secondary N) is 1. The minimum absolute atomic E-state index is 0.0392. The van der Waals surface area contributed by atoms with E-state index in [9.17, 15) is 13.6 Å². The second kappa shape index (κ2) is 9.27. The first-order valence-corrected chi connectivity index (χ1v) is 8.55.